The first-order valence-corrected chi connectivity index (χ1v) is 18.7. The third-order valence-electron chi connectivity index (χ3n) is 10.1. The maximum atomic E-state index is 6.29. The van der Waals surface area contributed by atoms with E-state index in [1.54, 1.807) is 11.3 Å². The van der Waals surface area contributed by atoms with E-state index in [0.29, 0.717) is 23.4 Å². The molecule has 6 heteroatoms. The van der Waals surface area contributed by atoms with Crippen LogP contribution >= 0.6 is 11.3 Å². The molecule has 11 rings (SSSR count). The quantitative estimate of drug-likeness (QED) is 0.178. The van der Waals surface area contributed by atoms with Crippen molar-refractivity contribution >= 4 is 64.2 Å². The van der Waals surface area contributed by atoms with Gasteiger partial charge in [-0.25, -0.2) is 19.9 Å². The normalized spacial score (nSPS) is 11.7. The van der Waals surface area contributed by atoms with Crippen LogP contribution in [0, 0.1) is 0 Å². The first-order chi connectivity index (χ1) is 26.7. The van der Waals surface area contributed by atoms with Crippen LogP contribution in [-0.4, -0.2) is 19.9 Å². The van der Waals surface area contributed by atoms with Gasteiger partial charge in [-0.3, -0.25) is 0 Å². The Balaban J connectivity index is 1.14. The summed E-state index contributed by atoms with van der Waals surface area (Å²) < 4.78 is 8.53. The molecule has 8 aromatic carbocycles. The highest BCUT2D eigenvalue weighted by Crippen LogP contribution is 2.42. The molecule has 0 bridgehead atoms. The number of benzene rings is 8. The smallest absolute Gasteiger partial charge is 0.227 e. The lowest BCUT2D eigenvalue weighted by atomic mass is 9.95. The lowest BCUT2D eigenvalue weighted by Gasteiger charge is -2.14. The molecule has 5 nitrogen and oxygen atoms in total. The fourth-order valence-corrected chi connectivity index (χ4v) is 8.68. The van der Waals surface area contributed by atoms with Gasteiger partial charge in [0.1, 0.15) is 5.52 Å². The van der Waals surface area contributed by atoms with Gasteiger partial charge in [0.25, 0.3) is 0 Å². The van der Waals surface area contributed by atoms with E-state index in [1.165, 1.54) is 5.39 Å². The summed E-state index contributed by atoms with van der Waals surface area (Å²) in [6.45, 7) is 0. The van der Waals surface area contributed by atoms with Crippen LogP contribution in [-0.2, 0) is 0 Å². The third kappa shape index (κ3) is 5.15. The summed E-state index contributed by atoms with van der Waals surface area (Å²) in [6, 6.07) is 58.9. The van der Waals surface area contributed by atoms with Gasteiger partial charge in [-0.15, -0.1) is 11.3 Å². The van der Waals surface area contributed by atoms with Crippen LogP contribution in [0.3, 0.4) is 0 Å². The number of oxazole rings is 1. The first kappa shape index (κ1) is 30.6. The Bertz CT molecular complexity index is 3220. The van der Waals surface area contributed by atoms with E-state index in [2.05, 4.69) is 133 Å². The summed E-state index contributed by atoms with van der Waals surface area (Å²) in [5.74, 6) is 2.50. The SMILES string of the molecule is c1ccc(-c2nc3cc4sc5c(-c6nc(-c7ccc8ccccc8c7)nc(-c7cc8ccccc8cc7-c7ccccc7)n6)cccc5c4cc3o2)cc1. The van der Waals surface area contributed by atoms with Crippen molar-refractivity contribution in [1.82, 2.24) is 19.9 Å². The Hall–Kier alpha value is -7.02. The number of hydrogen-bond acceptors (Lipinski definition) is 6. The molecule has 252 valence electrons. The second-order valence-electron chi connectivity index (χ2n) is 13.5. The van der Waals surface area contributed by atoms with Crippen molar-refractivity contribution in [1.29, 1.82) is 0 Å². The maximum absolute atomic E-state index is 6.29. The topological polar surface area (TPSA) is 64.7 Å². The minimum atomic E-state index is 0.621. The second-order valence-corrected chi connectivity index (χ2v) is 14.5. The van der Waals surface area contributed by atoms with Gasteiger partial charge in [0.05, 0.1) is 0 Å². The van der Waals surface area contributed by atoms with Gasteiger partial charge in [-0.05, 0) is 81.2 Å². The molecule has 0 saturated carbocycles. The van der Waals surface area contributed by atoms with Gasteiger partial charge in [0.15, 0.2) is 23.1 Å². The van der Waals surface area contributed by atoms with Crippen molar-refractivity contribution in [3.05, 3.63) is 170 Å². The van der Waals surface area contributed by atoms with Gasteiger partial charge < -0.3 is 4.42 Å². The number of nitrogens with zero attached hydrogens (tertiary/aromatic N) is 4. The fraction of sp³-hybridized carbons (Fsp3) is 0. The van der Waals surface area contributed by atoms with Crippen molar-refractivity contribution in [3.8, 4) is 56.7 Å². The van der Waals surface area contributed by atoms with E-state index in [4.69, 9.17) is 24.4 Å². The molecule has 0 saturated heterocycles. The summed E-state index contributed by atoms with van der Waals surface area (Å²) in [6.07, 6.45) is 0. The van der Waals surface area contributed by atoms with Crippen LogP contribution in [0.25, 0.3) is 110 Å². The molecular formula is C48H28N4OS. The zero-order chi connectivity index (χ0) is 35.6. The number of hydrogen-bond donors (Lipinski definition) is 0. The Kier molecular flexibility index (Phi) is 6.97. The minimum absolute atomic E-state index is 0.621. The third-order valence-corrected chi connectivity index (χ3v) is 11.3. The Morgan fingerprint density at radius 1 is 0.389 bits per heavy atom. The van der Waals surface area contributed by atoms with E-state index in [1.807, 2.05) is 36.4 Å². The van der Waals surface area contributed by atoms with E-state index in [0.717, 1.165) is 80.8 Å². The predicted molar refractivity (Wildman–Crippen MR) is 222 cm³/mol. The molecule has 0 unspecified atom stereocenters. The van der Waals surface area contributed by atoms with Gasteiger partial charge in [-0.2, -0.15) is 0 Å². The van der Waals surface area contributed by atoms with Crippen molar-refractivity contribution in [2.45, 2.75) is 0 Å². The highest BCUT2D eigenvalue weighted by Gasteiger charge is 2.20. The highest BCUT2D eigenvalue weighted by atomic mass is 32.1. The molecule has 0 aliphatic rings. The van der Waals surface area contributed by atoms with E-state index >= 15 is 0 Å². The van der Waals surface area contributed by atoms with Gasteiger partial charge in [-0.1, -0.05) is 121 Å². The molecule has 0 aliphatic carbocycles. The number of aromatic nitrogens is 4. The van der Waals surface area contributed by atoms with Crippen LogP contribution in [0.1, 0.15) is 0 Å². The molecule has 0 fully saturated rings. The average Bonchev–Trinajstić information content (AvgIpc) is 3.83. The van der Waals surface area contributed by atoms with Crippen LogP contribution in [0.2, 0.25) is 0 Å². The molecule has 11 aromatic rings. The standard InChI is InChI=1S/C48H28N4OS/c1-3-13-30(14-4-1)38-25-33-18-9-10-19-34(33)26-40(38)47-51-45(35-23-22-29-12-7-8-17-32(29)24-35)50-46(52-47)37-21-11-20-36-39-27-42-41(28-43(39)54-44(36)37)49-48(53-42)31-15-5-2-6-16-31/h1-28H. The van der Waals surface area contributed by atoms with E-state index in [9.17, 15) is 0 Å². The number of thiophene rings is 1. The van der Waals surface area contributed by atoms with E-state index < -0.39 is 0 Å². The molecule has 0 N–H and O–H groups in total. The Morgan fingerprint density at radius 3 is 1.78 bits per heavy atom. The fourth-order valence-electron chi connectivity index (χ4n) is 7.46. The minimum Gasteiger partial charge on any atom is -0.436 e. The first-order valence-electron chi connectivity index (χ1n) is 17.9. The molecule has 0 spiro atoms. The Labute approximate surface area is 313 Å². The zero-order valence-electron chi connectivity index (χ0n) is 28.8. The molecule has 3 aromatic heterocycles. The van der Waals surface area contributed by atoms with Gasteiger partial charge >= 0.3 is 0 Å². The van der Waals surface area contributed by atoms with Crippen molar-refractivity contribution < 1.29 is 4.42 Å². The molecule has 3 heterocycles. The number of rotatable bonds is 5. The average molecular weight is 709 g/mol. The van der Waals surface area contributed by atoms with Crippen molar-refractivity contribution in [2.24, 2.45) is 0 Å². The summed E-state index contributed by atoms with van der Waals surface area (Å²) >= 11 is 1.73. The van der Waals surface area contributed by atoms with E-state index in [-0.39, 0.29) is 0 Å². The monoisotopic (exact) mass is 708 g/mol. The zero-order valence-corrected chi connectivity index (χ0v) is 29.6. The van der Waals surface area contributed by atoms with Crippen LogP contribution in [0.4, 0.5) is 0 Å². The summed E-state index contributed by atoms with van der Waals surface area (Å²) in [5, 5.41) is 6.83. The predicted octanol–water partition coefficient (Wildman–Crippen LogP) is 13.0. The van der Waals surface area contributed by atoms with Crippen molar-refractivity contribution in [3.63, 3.8) is 0 Å². The van der Waals surface area contributed by atoms with Crippen molar-refractivity contribution in [2.75, 3.05) is 0 Å². The molecular weight excluding hydrogens is 681 g/mol. The second kappa shape index (κ2) is 12.3. The highest BCUT2D eigenvalue weighted by molar-refractivity contribution is 7.26. The van der Waals surface area contributed by atoms with Crippen LogP contribution in [0.5, 0.6) is 0 Å². The maximum Gasteiger partial charge on any atom is 0.227 e. The van der Waals surface area contributed by atoms with Crippen LogP contribution in [0.15, 0.2) is 174 Å². The van der Waals surface area contributed by atoms with Crippen LogP contribution < -0.4 is 0 Å². The molecule has 54 heavy (non-hydrogen) atoms. The largest absolute Gasteiger partial charge is 0.436 e. The molecule has 0 amide bonds. The molecule has 0 aliphatic heterocycles. The lowest BCUT2D eigenvalue weighted by molar-refractivity contribution is 0.620. The van der Waals surface area contributed by atoms with Gasteiger partial charge in [0.2, 0.25) is 5.89 Å². The number of fused-ring (bicyclic) bond motifs is 6. The summed E-state index contributed by atoms with van der Waals surface area (Å²) in [4.78, 5) is 20.7. The summed E-state index contributed by atoms with van der Waals surface area (Å²) in [5.41, 5.74) is 7.57. The lowest BCUT2D eigenvalue weighted by Crippen LogP contribution is -2.01. The van der Waals surface area contributed by atoms with Gasteiger partial charge in [0, 0.05) is 42.4 Å². The summed E-state index contributed by atoms with van der Waals surface area (Å²) in [7, 11) is 0. The Morgan fingerprint density at radius 2 is 1.02 bits per heavy atom. The molecule has 0 radical (unpaired) electrons. The molecule has 0 atom stereocenters.